The third kappa shape index (κ3) is 2.47. The highest BCUT2D eigenvalue weighted by molar-refractivity contribution is 9.10. The topological polar surface area (TPSA) is 20.3 Å². The first-order chi connectivity index (χ1) is 9.27. The summed E-state index contributed by atoms with van der Waals surface area (Å²) in [5.74, 6) is 0.108. The Bertz CT molecular complexity index is 608. The number of hydrogen-bond donors (Lipinski definition) is 0. The maximum atomic E-state index is 12.7. The van der Waals surface area contributed by atoms with Crippen molar-refractivity contribution in [2.45, 2.75) is 19.3 Å². The summed E-state index contributed by atoms with van der Waals surface area (Å²) in [5, 5.41) is 1.95. The molecule has 2 heterocycles. The predicted octanol–water partition coefficient (Wildman–Crippen LogP) is 4.49. The zero-order valence-corrected chi connectivity index (χ0v) is 12.8. The number of hydrogen-bond acceptors (Lipinski definition) is 2. The van der Waals surface area contributed by atoms with E-state index in [9.17, 15) is 4.79 Å². The van der Waals surface area contributed by atoms with Crippen LogP contribution in [0, 0.1) is 0 Å². The molecule has 1 amide bonds. The molecule has 0 saturated heterocycles. The molecule has 0 bridgehead atoms. The van der Waals surface area contributed by atoms with Crippen LogP contribution in [0.4, 0.5) is 5.69 Å². The molecule has 0 atom stereocenters. The van der Waals surface area contributed by atoms with Gasteiger partial charge in [-0.15, -0.1) is 11.3 Å². The van der Waals surface area contributed by atoms with Crippen LogP contribution in [0.5, 0.6) is 0 Å². The molecule has 0 radical (unpaired) electrons. The molecule has 0 aliphatic carbocycles. The first-order valence-electron chi connectivity index (χ1n) is 6.40. The Balaban J connectivity index is 2.01. The van der Waals surface area contributed by atoms with E-state index in [0.29, 0.717) is 0 Å². The van der Waals surface area contributed by atoms with E-state index >= 15 is 0 Å². The van der Waals surface area contributed by atoms with Gasteiger partial charge in [-0.2, -0.15) is 0 Å². The molecule has 3 rings (SSSR count). The van der Waals surface area contributed by atoms with Gasteiger partial charge in [0.1, 0.15) is 4.88 Å². The van der Waals surface area contributed by atoms with Crippen LogP contribution in [0.15, 0.2) is 40.2 Å². The zero-order valence-electron chi connectivity index (χ0n) is 10.4. The summed E-state index contributed by atoms with van der Waals surface area (Å²) < 4.78 is 0.893. The molecule has 0 saturated carbocycles. The Hall–Kier alpha value is -1.13. The van der Waals surface area contributed by atoms with E-state index in [1.54, 1.807) is 0 Å². The average Bonchev–Trinajstić information content (AvgIpc) is 2.74. The van der Waals surface area contributed by atoms with Gasteiger partial charge in [0.15, 0.2) is 0 Å². The van der Waals surface area contributed by atoms with Gasteiger partial charge in [-0.25, -0.2) is 0 Å². The summed E-state index contributed by atoms with van der Waals surface area (Å²) in [6, 6.07) is 10.2. The monoisotopic (exact) mass is 335 g/mol. The average molecular weight is 336 g/mol. The summed E-state index contributed by atoms with van der Waals surface area (Å²) in [7, 11) is 0. The lowest BCUT2D eigenvalue weighted by atomic mass is 10.1. The summed E-state index contributed by atoms with van der Waals surface area (Å²) in [6.45, 7) is 0.806. The molecule has 0 unspecified atom stereocenters. The Morgan fingerprint density at radius 1 is 1.21 bits per heavy atom. The van der Waals surface area contributed by atoms with E-state index < -0.39 is 0 Å². The Morgan fingerprint density at radius 3 is 2.84 bits per heavy atom. The Labute approximate surface area is 125 Å². The molecule has 19 heavy (non-hydrogen) atoms. The van der Waals surface area contributed by atoms with E-state index in [4.69, 9.17) is 0 Å². The van der Waals surface area contributed by atoms with Gasteiger partial charge in [0.25, 0.3) is 5.91 Å². The Morgan fingerprint density at radius 2 is 2.05 bits per heavy atom. The second-order valence-corrected chi connectivity index (χ2v) is 6.41. The quantitative estimate of drug-likeness (QED) is 0.751. The van der Waals surface area contributed by atoms with Crippen molar-refractivity contribution in [2.75, 3.05) is 11.4 Å². The van der Waals surface area contributed by atoms with Gasteiger partial charge in [0.05, 0.1) is 0 Å². The number of halogens is 1. The predicted molar refractivity (Wildman–Crippen MR) is 83.1 cm³/mol. The van der Waals surface area contributed by atoms with Crippen molar-refractivity contribution >= 4 is 38.9 Å². The number of benzene rings is 1. The van der Waals surface area contributed by atoms with Crippen LogP contribution < -0.4 is 4.90 Å². The molecule has 1 aromatic heterocycles. The van der Waals surface area contributed by atoms with Gasteiger partial charge in [0, 0.05) is 16.7 Å². The third-order valence-electron chi connectivity index (χ3n) is 3.42. The molecule has 0 N–H and O–H groups in total. The van der Waals surface area contributed by atoms with Crippen molar-refractivity contribution in [3.8, 4) is 0 Å². The van der Waals surface area contributed by atoms with Gasteiger partial charge >= 0.3 is 0 Å². The van der Waals surface area contributed by atoms with Gasteiger partial charge in [0.2, 0.25) is 0 Å². The van der Waals surface area contributed by atoms with Crippen molar-refractivity contribution in [2.24, 2.45) is 0 Å². The number of para-hydroxylation sites is 1. The van der Waals surface area contributed by atoms with Crippen molar-refractivity contribution in [1.29, 1.82) is 0 Å². The van der Waals surface area contributed by atoms with Gasteiger partial charge in [-0.05, 0) is 58.3 Å². The van der Waals surface area contributed by atoms with Crippen molar-refractivity contribution in [1.82, 2.24) is 0 Å². The van der Waals surface area contributed by atoms with Crippen LogP contribution in [-0.2, 0) is 6.42 Å². The van der Waals surface area contributed by atoms with E-state index in [-0.39, 0.29) is 5.91 Å². The number of aryl methyl sites for hydroxylation is 1. The molecule has 1 aliphatic heterocycles. The zero-order chi connectivity index (χ0) is 13.2. The molecular weight excluding hydrogens is 322 g/mol. The highest BCUT2D eigenvalue weighted by atomic mass is 79.9. The minimum Gasteiger partial charge on any atom is -0.307 e. The van der Waals surface area contributed by atoms with Crippen molar-refractivity contribution in [3.63, 3.8) is 0 Å². The van der Waals surface area contributed by atoms with Gasteiger partial charge < -0.3 is 4.90 Å². The third-order valence-corrected chi connectivity index (χ3v) is 5.24. The number of thiophene rings is 1. The van der Waals surface area contributed by atoms with Crippen molar-refractivity contribution < 1.29 is 4.79 Å². The molecule has 0 fully saturated rings. The van der Waals surface area contributed by atoms with E-state index in [1.807, 2.05) is 28.5 Å². The van der Waals surface area contributed by atoms with Crippen LogP contribution in [0.25, 0.3) is 0 Å². The van der Waals surface area contributed by atoms with Crippen LogP contribution in [0.3, 0.4) is 0 Å². The highest BCUT2D eigenvalue weighted by Gasteiger charge is 2.24. The van der Waals surface area contributed by atoms with Crippen LogP contribution in [0.1, 0.15) is 28.1 Å². The maximum absolute atomic E-state index is 12.7. The number of nitrogens with zero attached hydrogens (tertiary/aromatic N) is 1. The SMILES string of the molecule is O=C(c1sccc1Br)N1CCCCc2ccccc21. The van der Waals surface area contributed by atoms with Gasteiger partial charge in [-0.1, -0.05) is 18.2 Å². The smallest absolute Gasteiger partial charge is 0.269 e. The molecule has 2 nitrogen and oxygen atoms in total. The molecule has 4 heteroatoms. The first kappa shape index (κ1) is 12.9. The molecule has 98 valence electrons. The number of fused-ring (bicyclic) bond motifs is 1. The number of amides is 1. The summed E-state index contributed by atoms with van der Waals surface area (Å²) >= 11 is 4.95. The normalized spacial score (nSPS) is 14.9. The maximum Gasteiger partial charge on any atom is 0.269 e. The molecule has 1 aromatic carbocycles. The fourth-order valence-corrected chi connectivity index (χ4v) is 3.96. The lowest BCUT2D eigenvalue weighted by Gasteiger charge is -2.22. The molecule has 0 spiro atoms. The largest absolute Gasteiger partial charge is 0.307 e. The molecule has 1 aliphatic rings. The Kier molecular flexibility index (Phi) is 3.71. The fourth-order valence-electron chi connectivity index (χ4n) is 2.47. The summed E-state index contributed by atoms with van der Waals surface area (Å²) in [6.07, 6.45) is 3.27. The van der Waals surface area contributed by atoms with Gasteiger partial charge in [-0.3, -0.25) is 4.79 Å². The molecular formula is C15H14BrNOS. The lowest BCUT2D eigenvalue weighted by Crippen LogP contribution is -2.31. The summed E-state index contributed by atoms with van der Waals surface area (Å²) in [4.78, 5) is 15.4. The lowest BCUT2D eigenvalue weighted by molar-refractivity contribution is 0.0990. The number of carbonyl (C=O) groups is 1. The fraction of sp³-hybridized carbons (Fsp3) is 0.267. The van der Waals surface area contributed by atoms with Crippen LogP contribution in [0.2, 0.25) is 0 Å². The second-order valence-electron chi connectivity index (χ2n) is 4.64. The first-order valence-corrected chi connectivity index (χ1v) is 8.07. The van der Waals surface area contributed by atoms with E-state index in [1.165, 1.54) is 16.9 Å². The van der Waals surface area contributed by atoms with Crippen LogP contribution >= 0.6 is 27.3 Å². The minimum absolute atomic E-state index is 0.108. The molecule has 2 aromatic rings. The number of anilines is 1. The van der Waals surface area contributed by atoms with Crippen LogP contribution in [-0.4, -0.2) is 12.5 Å². The second kappa shape index (κ2) is 5.47. The standard InChI is InChI=1S/C15H14BrNOS/c16-12-8-10-19-14(12)15(18)17-9-4-3-6-11-5-1-2-7-13(11)17/h1-2,5,7-8,10H,3-4,6,9H2. The van der Waals surface area contributed by atoms with E-state index in [2.05, 4.69) is 28.1 Å². The van der Waals surface area contributed by atoms with E-state index in [0.717, 1.165) is 40.8 Å². The highest BCUT2D eigenvalue weighted by Crippen LogP contribution is 2.30. The minimum atomic E-state index is 0.108. The number of carbonyl (C=O) groups excluding carboxylic acids is 1. The number of rotatable bonds is 1. The summed E-state index contributed by atoms with van der Waals surface area (Å²) in [5.41, 5.74) is 2.35. The van der Waals surface area contributed by atoms with Crippen molar-refractivity contribution in [3.05, 3.63) is 50.6 Å².